The van der Waals surface area contributed by atoms with Gasteiger partial charge in [0.1, 0.15) is 25.0 Å². The van der Waals surface area contributed by atoms with E-state index in [4.69, 9.17) is 14.2 Å². The van der Waals surface area contributed by atoms with E-state index < -0.39 is 35.4 Å². The van der Waals surface area contributed by atoms with Gasteiger partial charge in [-0.3, -0.25) is 14.4 Å². The number of nitrogens with zero attached hydrogens (tertiary/aromatic N) is 2. The Morgan fingerprint density at radius 2 is 1.59 bits per heavy atom. The Morgan fingerprint density at radius 1 is 0.944 bits per heavy atom. The first kappa shape index (κ1) is 40.3. The Labute approximate surface area is 320 Å². The van der Waals surface area contributed by atoms with Gasteiger partial charge in [-0.05, 0) is 72.2 Å². The van der Waals surface area contributed by atoms with E-state index in [1.165, 1.54) is 4.90 Å². The molecule has 1 saturated heterocycles. The number of aromatic nitrogens is 1. The molecule has 286 valence electrons. The van der Waals surface area contributed by atoms with Gasteiger partial charge in [-0.2, -0.15) is 0 Å². The first-order chi connectivity index (χ1) is 25.8. The number of hydrogen-bond acceptors (Lipinski definition) is 10. The molecule has 12 heteroatoms. The van der Waals surface area contributed by atoms with Crippen LogP contribution in [0.2, 0.25) is 0 Å². The number of aryl methyl sites for hydroxylation is 2. The van der Waals surface area contributed by atoms with Crippen molar-refractivity contribution >= 4 is 34.9 Å². The van der Waals surface area contributed by atoms with Crippen molar-refractivity contribution in [1.29, 1.82) is 0 Å². The average molecular weight is 756 g/mol. The van der Waals surface area contributed by atoms with Crippen LogP contribution in [0.1, 0.15) is 62.2 Å². The predicted octanol–water partition coefficient (Wildman–Crippen LogP) is 6.05. The van der Waals surface area contributed by atoms with Crippen molar-refractivity contribution in [3.8, 4) is 27.3 Å². The van der Waals surface area contributed by atoms with Crippen LogP contribution < -0.4 is 10.1 Å². The number of β-amino-alcohol motifs (C(OH)–C–C–N with tert-alkyl or cyclic N) is 1. The number of thiazole rings is 1. The van der Waals surface area contributed by atoms with E-state index in [0.717, 1.165) is 32.8 Å². The third-order valence-electron chi connectivity index (χ3n) is 9.29. The zero-order valence-electron chi connectivity index (χ0n) is 31.5. The minimum absolute atomic E-state index is 0.0250. The quantitative estimate of drug-likeness (QED) is 0.103. The normalized spacial score (nSPS) is 16.1. The molecule has 0 aliphatic carbocycles. The molecular formula is C42H49N3O8S. The van der Waals surface area contributed by atoms with E-state index in [-0.39, 0.29) is 51.0 Å². The number of nitrogens with one attached hydrogen (secondary N) is 1. The van der Waals surface area contributed by atoms with Gasteiger partial charge in [-0.15, -0.1) is 11.3 Å². The first-order valence-electron chi connectivity index (χ1n) is 18.2. The van der Waals surface area contributed by atoms with Crippen molar-refractivity contribution in [2.24, 2.45) is 5.41 Å². The van der Waals surface area contributed by atoms with Crippen LogP contribution in [0.25, 0.3) is 21.6 Å². The van der Waals surface area contributed by atoms with Crippen molar-refractivity contribution in [2.45, 2.75) is 72.1 Å². The molecule has 3 atom stereocenters. The Morgan fingerprint density at radius 3 is 2.20 bits per heavy atom. The maximum atomic E-state index is 13.9. The van der Waals surface area contributed by atoms with E-state index in [1.807, 2.05) is 93.9 Å². The third kappa shape index (κ3) is 10.6. The molecule has 2 N–H and O–H groups in total. The highest BCUT2D eigenvalue weighted by atomic mass is 32.1. The Hall–Kier alpha value is -4.91. The number of benzene rings is 3. The van der Waals surface area contributed by atoms with Crippen LogP contribution in [-0.2, 0) is 30.3 Å². The summed E-state index contributed by atoms with van der Waals surface area (Å²) in [5.74, 6) is -0.723. The van der Waals surface area contributed by atoms with Crippen LogP contribution in [0.3, 0.4) is 0 Å². The van der Waals surface area contributed by atoms with Gasteiger partial charge in [0, 0.05) is 19.4 Å². The number of esters is 1. The van der Waals surface area contributed by atoms with Gasteiger partial charge in [-0.1, -0.05) is 69.3 Å². The molecule has 1 fully saturated rings. The number of hydrogen-bond donors (Lipinski definition) is 2. The maximum absolute atomic E-state index is 13.9. The van der Waals surface area contributed by atoms with Gasteiger partial charge in [-0.25, -0.2) is 9.78 Å². The fourth-order valence-corrected chi connectivity index (χ4v) is 7.17. The lowest BCUT2D eigenvalue weighted by Gasteiger charge is -2.35. The zero-order valence-corrected chi connectivity index (χ0v) is 32.3. The summed E-state index contributed by atoms with van der Waals surface area (Å²) in [6, 6.07) is 21.0. The highest BCUT2D eigenvalue weighted by Gasteiger charge is 2.44. The zero-order chi connectivity index (χ0) is 38.8. The van der Waals surface area contributed by atoms with E-state index in [0.29, 0.717) is 24.3 Å². The molecule has 0 saturated carbocycles. The van der Waals surface area contributed by atoms with Crippen LogP contribution in [-0.4, -0.2) is 89.7 Å². The molecule has 4 aromatic rings. The second-order valence-electron chi connectivity index (χ2n) is 14.4. The Kier molecular flexibility index (Phi) is 13.7. The lowest BCUT2D eigenvalue weighted by Crippen LogP contribution is -2.57. The van der Waals surface area contributed by atoms with Crippen LogP contribution in [0.5, 0.6) is 5.75 Å². The molecule has 11 nitrogen and oxygen atoms in total. The number of ketones is 1. The molecule has 3 aromatic carbocycles. The molecule has 0 unspecified atom stereocenters. The minimum atomic E-state index is -0.937. The fraction of sp³-hybridized carbons (Fsp3) is 0.405. The first-order valence-corrected chi connectivity index (χ1v) is 19.1. The molecule has 2 amide bonds. The van der Waals surface area contributed by atoms with Crippen molar-refractivity contribution in [1.82, 2.24) is 15.2 Å². The van der Waals surface area contributed by atoms with E-state index in [9.17, 15) is 24.3 Å². The summed E-state index contributed by atoms with van der Waals surface area (Å²) in [5.41, 5.74) is 6.60. The van der Waals surface area contributed by atoms with Crippen molar-refractivity contribution < 1.29 is 38.5 Å². The summed E-state index contributed by atoms with van der Waals surface area (Å²) in [6.45, 7) is 9.68. The largest absolute Gasteiger partial charge is 0.491 e. The van der Waals surface area contributed by atoms with Crippen molar-refractivity contribution in [2.75, 3.05) is 33.0 Å². The molecule has 5 rings (SSSR count). The topological polar surface area (TPSA) is 144 Å². The maximum Gasteiger partial charge on any atom is 0.338 e. The van der Waals surface area contributed by atoms with Gasteiger partial charge >= 0.3 is 5.97 Å². The molecule has 1 aromatic heterocycles. The molecule has 1 aliphatic rings. The highest BCUT2D eigenvalue weighted by molar-refractivity contribution is 7.13. The van der Waals surface area contributed by atoms with Crippen LogP contribution >= 0.6 is 11.3 Å². The van der Waals surface area contributed by atoms with Crippen molar-refractivity contribution in [3.05, 3.63) is 95.1 Å². The van der Waals surface area contributed by atoms with E-state index in [1.54, 1.807) is 30.4 Å². The summed E-state index contributed by atoms with van der Waals surface area (Å²) in [7, 11) is 0. The van der Waals surface area contributed by atoms with Gasteiger partial charge in [0.05, 0.1) is 47.0 Å². The molecular weight excluding hydrogens is 707 g/mol. The molecule has 1 aliphatic heterocycles. The number of ether oxygens (including phenoxy) is 3. The lowest BCUT2D eigenvalue weighted by atomic mass is 9.85. The second kappa shape index (κ2) is 18.4. The Balaban J connectivity index is 1.07. The fourth-order valence-electron chi connectivity index (χ4n) is 6.36. The number of rotatable bonds is 16. The van der Waals surface area contributed by atoms with E-state index in [2.05, 4.69) is 10.3 Å². The minimum Gasteiger partial charge on any atom is -0.491 e. The van der Waals surface area contributed by atoms with Crippen LogP contribution in [0, 0.1) is 12.3 Å². The van der Waals surface area contributed by atoms with Gasteiger partial charge < -0.3 is 29.5 Å². The third-order valence-corrected chi connectivity index (χ3v) is 10.3. The van der Waals surface area contributed by atoms with Crippen LogP contribution in [0.15, 0.2) is 78.3 Å². The smallest absolute Gasteiger partial charge is 0.338 e. The summed E-state index contributed by atoms with van der Waals surface area (Å²) in [6.07, 6.45) is 0.0637. The lowest BCUT2D eigenvalue weighted by molar-refractivity contribution is -0.144. The van der Waals surface area contributed by atoms with Gasteiger partial charge in [0.2, 0.25) is 11.8 Å². The number of carbonyl (C=O) groups is 4. The van der Waals surface area contributed by atoms with Crippen LogP contribution in [0.4, 0.5) is 0 Å². The molecule has 0 spiro atoms. The number of amides is 2. The summed E-state index contributed by atoms with van der Waals surface area (Å²) in [4.78, 5) is 59.1. The highest BCUT2D eigenvalue weighted by Crippen LogP contribution is 2.29. The average Bonchev–Trinajstić information content (AvgIpc) is 3.77. The SMILES string of the molecule is CCOC(=O)c1ccc(-c2ccc(OCCOCC(=O)N[C@H](C(=O)N3C[C@H](O)C[C@H]3C(=O)CCc3ccc(-c4scnc4C)cc3)C(C)(C)C)cc2)cc1. The standard InChI is InChI=1S/C42H49N3O8S/c1-6-52-41(50)32-14-12-29(13-15-32)30-16-18-34(19-17-30)53-22-21-51-25-37(48)44-39(42(3,4)5)40(49)45-24-33(46)23-35(45)36(47)20-9-28-7-10-31(11-8-28)38-27(2)43-26-54-38/h7-8,10-19,26,33,35,39,46H,6,9,20-25H2,1-5H3,(H,44,48)/t33-,35+,39-/m1/s1. The van der Waals surface area contributed by atoms with Gasteiger partial charge in [0.15, 0.2) is 5.78 Å². The summed E-state index contributed by atoms with van der Waals surface area (Å²) < 4.78 is 16.4. The molecule has 0 bridgehead atoms. The monoisotopic (exact) mass is 755 g/mol. The number of likely N-dealkylation sites (tertiary alicyclic amines) is 1. The van der Waals surface area contributed by atoms with Crippen molar-refractivity contribution in [3.63, 3.8) is 0 Å². The second-order valence-corrected chi connectivity index (χ2v) is 15.3. The number of carbonyl (C=O) groups excluding carboxylic acids is 4. The number of Topliss-reactive ketones (excluding diaryl/α,β-unsaturated/α-hetero) is 1. The number of aliphatic hydroxyl groups excluding tert-OH is 1. The summed E-state index contributed by atoms with van der Waals surface area (Å²) in [5, 5.41) is 13.3. The van der Waals surface area contributed by atoms with E-state index >= 15 is 0 Å². The predicted molar refractivity (Wildman–Crippen MR) is 207 cm³/mol. The van der Waals surface area contributed by atoms with Gasteiger partial charge in [0.25, 0.3) is 0 Å². The molecule has 2 heterocycles. The number of aliphatic hydroxyl groups is 1. The Bertz CT molecular complexity index is 1880. The summed E-state index contributed by atoms with van der Waals surface area (Å²) >= 11 is 1.59. The molecule has 54 heavy (non-hydrogen) atoms. The molecule has 0 radical (unpaired) electrons.